The molecule has 1 fully saturated rings. The van der Waals surface area contributed by atoms with Crippen LogP contribution in [0.5, 0.6) is 0 Å². The zero-order valence-corrected chi connectivity index (χ0v) is 13.7. The maximum absolute atomic E-state index is 12.1. The molecule has 1 aliphatic rings. The maximum atomic E-state index is 12.1. The number of sulfonamides is 1. The standard InChI is InChI=1S/C15H25N3O2S/c1-14-4-6-15(7-5-14)21(19,20)16-8-3-9-18-12-10-17(2)11-13-18/h4-7,16H,3,8-13H2,1-2H3. The molecule has 1 aromatic rings. The molecule has 0 radical (unpaired) electrons. The smallest absolute Gasteiger partial charge is 0.240 e. The van der Waals surface area contributed by atoms with Crippen LogP contribution in [0.15, 0.2) is 29.2 Å². The van der Waals surface area contributed by atoms with Gasteiger partial charge in [0.15, 0.2) is 0 Å². The van der Waals surface area contributed by atoms with Gasteiger partial charge in [-0.1, -0.05) is 17.7 Å². The molecule has 21 heavy (non-hydrogen) atoms. The van der Waals surface area contributed by atoms with E-state index in [9.17, 15) is 8.42 Å². The second-order valence-electron chi connectivity index (χ2n) is 5.71. The van der Waals surface area contributed by atoms with Crippen LogP contribution in [0.25, 0.3) is 0 Å². The van der Waals surface area contributed by atoms with Crippen LogP contribution in [-0.2, 0) is 10.0 Å². The van der Waals surface area contributed by atoms with Crippen LogP contribution in [0.2, 0.25) is 0 Å². The monoisotopic (exact) mass is 311 g/mol. The van der Waals surface area contributed by atoms with Crippen molar-refractivity contribution in [2.45, 2.75) is 18.2 Å². The lowest BCUT2D eigenvalue weighted by molar-refractivity contribution is 0.153. The summed E-state index contributed by atoms with van der Waals surface area (Å²) in [7, 11) is -1.23. The van der Waals surface area contributed by atoms with E-state index in [4.69, 9.17) is 0 Å². The molecule has 0 unspecified atom stereocenters. The summed E-state index contributed by atoms with van der Waals surface area (Å²) in [5.74, 6) is 0. The van der Waals surface area contributed by atoms with Crippen LogP contribution in [-0.4, -0.2) is 64.5 Å². The molecule has 0 saturated carbocycles. The highest BCUT2D eigenvalue weighted by molar-refractivity contribution is 7.89. The van der Waals surface area contributed by atoms with Crippen molar-refractivity contribution in [3.05, 3.63) is 29.8 Å². The van der Waals surface area contributed by atoms with Gasteiger partial charge in [0.1, 0.15) is 0 Å². The molecule has 0 bridgehead atoms. The van der Waals surface area contributed by atoms with Gasteiger partial charge in [-0.15, -0.1) is 0 Å². The van der Waals surface area contributed by atoms with Gasteiger partial charge in [0.05, 0.1) is 4.90 Å². The third-order valence-electron chi connectivity index (χ3n) is 3.87. The molecule has 0 aromatic heterocycles. The van der Waals surface area contributed by atoms with Gasteiger partial charge in [0.2, 0.25) is 10.0 Å². The van der Waals surface area contributed by atoms with Gasteiger partial charge in [-0.25, -0.2) is 13.1 Å². The molecule has 5 nitrogen and oxygen atoms in total. The molecular formula is C15H25N3O2S. The Hall–Kier alpha value is -0.950. The van der Waals surface area contributed by atoms with Crippen molar-refractivity contribution in [1.82, 2.24) is 14.5 Å². The Morgan fingerprint density at radius 3 is 2.33 bits per heavy atom. The zero-order valence-electron chi connectivity index (χ0n) is 12.9. The summed E-state index contributed by atoms with van der Waals surface area (Å²) in [6.45, 7) is 7.71. The number of rotatable bonds is 6. The summed E-state index contributed by atoms with van der Waals surface area (Å²) in [6, 6.07) is 6.94. The van der Waals surface area contributed by atoms with E-state index in [1.54, 1.807) is 12.1 Å². The van der Waals surface area contributed by atoms with Crippen molar-refractivity contribution < 1.29 is 8.42 Å². The van der Waals surface area contributed by atoms with E-state index in [0.29, 0.717) is 11.4 Å². The third-order valence-corrected chi connectivity index (χ3v) is 5.35. The van der Waals surface area contributed by atoms with Gasteiger partial charge in [0, 0.05) is 32.7 Å². The molecule has 1 saturated heterocycles. The lowest BCUT2D eigenvalue weighted by Crippen LogP contribution is -2.45. The van der Waals surface area contributed by atoms with Crippen LogP contribution >= 0.6 is 0 Å². The Labute approximate surface area is 128 Å². The van der Waals surface area contributed by atoms with Crippen LogP contribution in [0, 0.1) is 6.92 Å². The predicted octanol–water partition coefficient (Wildman–Crippen LogP) is 0.911. The number of benzene rings is 1. The van der Waals surface area contributed by atoms with E-state index in [2.05, 4.69) is 21.6 Å². The fourth-order valence-corrected chi connectivity index (χ4v) is 3.46. The molecule has 1 aliphatic heterocycles. The van der Waals surface area contributed by atoms with Crippen molar-refractivity contribution in [3.8, 4) is 0 Å². The summed E-state index contributed by atoms with van der Waals surface area (Å²) >= 11 is 0. The zero-order chi connectivity index (χ0) is 15.3. The van der Waals surface area contributed by atoms with E-state index in [1.807, 2.05) is 19.1 Å². The van der Waals surface area contributed by atoms with Crippen molar-refractivity contribution in [1.29, 1.82) is 0 Å². The molecule has 0 aliphatic carbocycles. The predicted molar refractivity (Wildman–Crippen MR) is 84.9 cm³/mol. The van der Waals surface area contributed by atoms with Crippen LogP contribution < -0.4 is 4.72 Å². The van der Waals surface area contributed by atoms with Gasteiger partial charge >= 0.3 is 0 Å². The fourth-order valence-electron chi connectivity index (χ4n) is 2.38. The Bertz CT molecular complexity index is 535. The first-order valence-corrected chi connectivity index (χ1v) is 8.93. The minimum Gasteiger partial charge on any atom is -0.304 e. The number of hydrogen-bond acceptors (Lipinski definition) is 4. The molecular weight excluding hydrogens is 286 g/mol. The molecule has 1 heterocycles. The van der Waals surface area contributed by atoms with Gasteiger partial charge in [-0.05, 0) is 39.1 Å². The molecule has 6 heteroatoms. The van der Waals surface area contributed by atoms with E-state index in [1.165, 1.54) is 0 Å². The van der Waals surface area contributed by atoms with Crippen LogP contribution in [0.1, 0.15) is 12.0 Å². The van der Waals surface area contributed by atoms with Gasteiger partial charge < -0.3 is 9.80 Å². The minimum atomic E-state index is -3.37. The SMILES string of the molecule is Cc1ccc(S(=O)(=O)NCCCN2CCN(C)CC2)cc1. The van der Waals surface area contributed by atoms with Crippen molar-refractivity contribution in [3.63, 3.8) is 0 Å². The van der Waals surface area contributed by atoms with E-state index < -0.39 is 10.0 Å². The highest BCUT2D eigenvalue weighted by atomic mass is 32.2. The number of hydrogen-bond donors (Lipinski definition) is 1. The second-order valence-corrected chi connectivity index (χ2v) is 7.48. The van der Waals surface area contributed by atoms with Crippen LogP contribution in [0.4, 0.5) is 0 Å². The summed E-state index contributed by atoms with van der Waals surface area (Å²) in [6.07, 6.45) is 0.842. The number of nitrogens with zero attached hydrogens (tertiary/aromatic N) is 2. The Balaban J connectivity index is 1.73. The average Bonchev–Trinajstić information content (AvgIpc) is 2.46. The average molecular weight is 311 g/mol. The first kappa shape index (κ1) is 16.4. The largest absolute Gasteiger partial charge is 0.304 e. The summed E-state index contributed by atoms with van der Waals surface area (Å²) in [5.41, 5.74) is 1.06. The molecule has 1 aromatic carbocycles. The molecule has 0 amide bonds. The first-order valence-electron chi connectivity index (χ1n) is 7.44. The minimum absolute atomic E-state index is 0.340. The first-order chi connectivity index (χ1) is 9.97. The summed E-state index contributed by atoms with van der Waals surface area (Å²) in [4.78, 5) is 5.05. The maximum Gasteiger partial charge on any atom is 0.240 e. The number of aryl methyl sites for hydroxylation is 1. The molecule has 1 N–H and O–H groups in total. The Kier molecular flexibility index (Phi) is 5.75. The quantitative estimate of drug-likeness (QED) is 0.794. The van der Waals surface area contributed by atoms with Crippen LogP contribution in [0.3, 0.4) is 0 Å². The number of piperazine rings is 1. The van der Waals surface area contributed by atoms with Gasteiger partial charge in [-0.3, -0.25) is 0 Å². The van der Waals surface area contributed by atoms with E-state index >= 15 is 0 Å². The van der Waals surface area contributed by atoms with E-state index in [-0.39, 0.29) is 0 Å². The Morgan fingerprint density at radius 2 is 1.71 bits per heavy atom. The third kappa shape index (κ3) is 5.07. The highest BCUT2D eigenvalue weighted by Gasteiger charge is 2.15. The summed E-state index contributed by atoms with van der Waals surface area (Å²) < 4.78 is 26.9. The van der Waals surface area contributed by atoms with Crippen molar-refractivity contribution in [2.75, 3.05) is 46.3 Å². The van der Waals surface area contributed by atoms with Gasteiger partial charge in [0.25, 0.3) is 0 Å². The second kappa shape index (κ2) is 7.35. The van der Waals surface area contributed by atoms with Crippen molar-refractivity contribution >= 4 is 10.0 Å². The Morgan fingerprint density at radius 1 is 1.10 bits per heavy atom. The molecule has 118 valence electrons. The topological polar surface area (TPSA) is 52.7 Å². The fraction of sp³-hybridized carbons (Fsp3) is 0.600. The molecule has 0 spiro atoms. The molecule has 0 atom stereocenters. The summed E-state index contributed by atoms with van der Waals surface area (Å²) in [5, 5.41) is 0. The number of nitrogens with one attached hydrogen (secondary N) is 1. The molecule has 2 rings (SSSR count). The van der Waals surface area contributed by atoms with E-state index in [0.717, 1.165) is 44.7 Å². The lowest BCUT2D eigenvalue weighted by Gasteiger charge is -2.32. The normalized spacial score (nSPS) is 18.0. The van der Waals surface area contributed by atoms with Gasteiger partial charge in [-0.2, -0.15) is 0 Å². The highest BCUT2D eigenvalue weighted by Crippen LogP contribution is 2.09. The lowest BCUT2D eigenvalue weighted by atomic mass is 10.2. The number of likely N-dealkylation sites (N-methyl/N-ethyl adjacent to an activating group) is 1. The van der Waals surface area contributed by atoms with Crippen molar-refractivity contribution in [2.24, 2.45) is 0 Å².